The minimum Gasteiger partial charge on any atom is -0.488 e. The first-order valence-electron chi connectivity index (χ1n) is 6.52. The second-order valence-corrected chi connectivity index (χ2v) is 6.94. The number of para-hydroxylation sites is 1. The second-order valence-electron chi connectivity index (χ2n) is 4.97. The maximum atomic E-state index is 12.4. The zero-order valence-electron chi connectivity index (χ0n) is 11.5. The van der Waals surface area contributed by atoms with E-state index in [0.29, 0.717) is 21.9 Å². The molecule has 0 bridgehead atoms. The van der Waals surface area contributed by atoms with Crippen LogP contribution < -0.4 is 10.5 Å². The summed E-state index contributed by atoms with van der Waals surface area (Å²) in [6, 6.07) is 12.3. The number of ether oxygens (including phenoxy) is 1. The van der Waals surface area contributed by atoms with Gasteiger partial charge in [-0.1, -0.05) is 18.2 Å². The molecule has 0 radical (unpaired) electrons. The molecule has 21 heavy (non-hydrogen) atoms. The van der Waals surface area contributed by atoms with Crippen LogP contribution in [0.25, 0.3) is 6.08 Å². The maximum Gasteiger partial charge on any atom is 0.206 e. The maximum absolute atomic E-state index is 12.4. The molecule has 0 amide bonds. The van der Waals surface area contributed by atoms with Crippen LogP contribution in [0.5, 0.6) is 5.75 Å². The van der Waals surface area contributed by atoms with Crippen LogP contribution in [-0.4, -0.2) is 15.0 Å². The van der Waals surface area contributed by atoms with Gasteiger partial charge in [-0.3, -0.25) is 0 Å². The molecule has 0 atom stereocenters. The van der Waals surface area contributed by atoms with Crippen molar-refractivity contribution in [2.24, 2.45) is 0 Å². The third-order valence-corrected chi connectivity index (χ3v) is 5.33. The SMILES string of the molecule is Cc1ccccc1OCC1=Cc2cc(N)ccc2S1(=O)=O. The highest BCUT2D eigenvalue weighted by molar-refractivity contribution is 7.95. The lowest BCUT2D eigenvalue weighted by molar-refractivity contribution is 0.356. The Balaban J connectivity index is 1.88. The fourth-order valence-electron chi connectivity index (χ4n) is 2.30. The van der Waals surface area contributed by atoms with Crippen LogP contribution in [0, 0.1) is 6.92 Å². The average Bonchev–Trinajstić information content (AvgIpc) is 2.68. The number of nitrogen functional groups attached to an aromatic ring is 1. The summed E-state index contributed by atoms with van der Waals surface area (Å²) in [6.45, 7) is 1.93. The largest absolute Gasteiger partial charge is 0.488 e. The van der Waals surface area contributed by atoms with Gasteiger partial charge in [0.15, 0.2) is 0 Å². The summed E-state index contributed by atoms with van der Waals surface area (Å²) in [7, 11) is -3.47. The van der Waals surface area contributed by atoms with Crippen LogP contribution in [0.1, 0.15) is 11.1 Å². The number of hydrogen-bond donors (Lipinski definition) is 1. The van der Waals surface area contributed by atoms with E-state index >= 15 is 0 Å². The van der Waals surface area contributed by atoms with Gasteiger partial charge in [0.25, 0.3) is 0 Å². The third kappa shape index (κ3) is 2.40. The van der Waals surface area contributed by atoms with Crippen LogP contribution in [0.4, 0.5) is 5.69 Å². The van der Waals surface area contributed by atoms with Crippen molar-refractivity contribution in [2.45, 2.75) is 11.8 Å². The zero-order chi connectivity index (χ0) is 15.0. The summed E-state index contributed by atoms with van der Waals surface area (Å²) in [5, 5.41) is 0. The van der Waals surface area contributed by atoms with Gasteiger partial charge in [0.1, 0.15) is 12.4 Å². The van der Waals surface area contributed by atoms with Gasteiger partial charge >= 0.3 is 0 Å². The van der Waals surface area contributed by atoms with E-state index in [-0.39, 0.29) is 11.5 Å². The lowest BCUT2D eigenvalue weighted by Crippen LogP contribution is -2.09. The van der Waals surface area contributed by atoms with Gasteiger partial charge in [-0.25, -0.2) is 8.42 Å². The van der Waals surface area contributed by atoms with Crippen molar-refractivity contribution in [3.05, 3.63) is 58.5 Å². The quantitative estimate of drug-likeness (QED) is 0.885. The van der Waals surface area contributed by atoms with E-state index in [1.165, 1.54) is 6.07 Å². The summed E-state index contributed by atoms with van der Waals surface area (Å²) in [5.74, 6) is 0.684. The standard InChI is InChI=1S/C16H15NO3S/c1-11-4-2-3-5-15(11)20-10-14-9-12-8-13(17)6-7-16(12)21(14,18)19/h2-9H,10,17H2,1H3. The van der Waals surface area contributed by atoms with Gasteiger partial charge in [-0.15, -0.1) is 0 Å². The fourth-order valence-corrected chi connectivity index (χ4v) is 3.76. The predicted octanol–water partition coefficient (Wildman–Crippen LogP) is 2.78. The molecule has 0 unspecified atom stereocenters. The van der Waals surface area contributed by atoms with Crippen molar-refractivity contribution in [3.8, 4) is 5.75 Å². The number of nitrogens with two attached hydrogens (primary N) is 1. The Morgan fingerprint density at radius 2 is 1.90 bits per heavy atom. The minimum absolute atomic E-state index is 0.0156. The van der Waals surface area contributed by atoms with Crippen LogP contribution in [0.2, 0.25) is 0 Å². The molecule has 2 aromatic carbocycles. The average molecular weight is 301 g/mol. The highest BCUT2D eigenvalue weighted by atomic mass is 32.2. The third-order valence-electron chi connectivity index (χ3n) is 3.45. The molecule has 2 aromatic rings. The Kier molecular flexibility index (Phi) is 3.22. The van der Waals surface area contributed by atoms with Gasteiger partial charge in [-0.05, 0) is 48.4 Å². The number of benzene rings is 2. The first kappa shape index (κ1) is 13.7. The number of sulfone groups is 1. The molecule has 1 heterocycles. The number of anilines is 1. The second kappa shape index (κ2) is 4.93. The summed E-state index contributed by atoms with van der Waals surface area (Å²) in [6.07, 6.45) is 1.62. The summed E-state index contributed by atoms with van der Waals surface area (Å²) in [5.41, 5.74) is 7.83. The van der Waals surface area contributed by atoms with Crippen LogP contribution >= 0.6 is 0 Å². The lowest BCUT2D eigenvalue weighted by atomic mass is 10.2. The van der Waals surface area contributed by atoms with Crippen LogP contribution in [0.15, 0.2) is 52.3 Å². The molecular formula is C16H15NO3S. The van der Waals surface area contributed by atoms with E-state index in [1.807, 2.05) is 31.2 Å². The minimum atomic E-state index is -3.47. The van der Waals surface area contributed by atoms with Crippen molar-refractivity contribution in [1.29, 1.82) is 0 Å². The predicted molar refractivity (Wildman–Crippen MR) is 82.7 cm³/mol. The monoisotopic (exact) mass is 301 g/mol. The van der Waals surface area contributed by atoms with E-state index in [9.17, 15) is 8.42 Å². The van der Waals surface area contributed by atoms with E-state index in [4.69, 9.17) is 10.5 Å². The van der Waals surface area contributed by atoms with Gasteiger partial charge < -0.3 is 10.5 Å². The van der Waals surface area contributed by atoms with Gasteiger partial charge in [0.05, 0.1) is 9.80 Å². The van der Waals surface area contributed by atoms with Crippen molar-refractivity contribution in [1.82, 2.24) is 0 Å². The van der Waals surface area contributed by atoms with E-state index in [2.05, 4.69) is 0 Å². The Bertz CT molecular complexity index is 838. The Morgan fingerprint density at radius 3 is 2.67 bits per heavy atom. The Labute approximate surface area is 123 Å². The smallest absolute Gasteiger partial charge is 0.206 e. The molecule has 0 spiro atoms. The molecule has 1 aliphatic rings. The Morgan fingerprint density at radius 1 is 1.14 bits per heavy atom. The topological polar surface area (TPSA) is 69.4 Å². The molecule has 4 nitrogen and oxygen atoms in total. The van der Waals surface area contributed by atoms with Crippen molar-refractivity contribution in [3.63, 3.8) is 0 Å². The van der Waals surface area contributed by atoms with E-state index in [0.717, 1.165) is 5.56 Å². The van der Waals surface area contributed by atoms with Crippen molar-refractivity contribution >= 4 is 21.6 Å². The van der Waals surface area contributed by atoms with Gasteiger partial charge in [0.2, 0.25) is 9.84 Å². The molecule has 0 saturated carbocycles. The number of rotatable bonds is 3. The Hall–Kier alpha value is -2.27. The van der Waals surface area contributed by atoms with Crippen molar-refractivity contribution < 1.29 is 13.2 Å². The lowest BCUT2D eigenvalue weighted by Gasteiger charge is -2.09. The van der Waals surface area contributed by atoms with Gasteiger partial charge in [0, 0.05) is 5.69 Å². The molecule has 0 aromatic heterocycles. The number of fused-ring (bicyclic) bond motifs is 1. The molecule has 108 valence electrons. The summed E-state index contributed by atoms with van der Waals surface area (Å²) < 4.78 is 30.5. The highest BCUT2D eigenvalue weighted by Gasteiger charge is 2.29. The zero-order valence-corrected chi connectivity index (χ0v) is 12.4. The van der Waals surface area contributed by atoms with Gasteiger partial charge in [-0.2, -0.15) is 0 Å². The molecule has 3 rings (SSSR count). The molecule has 5 heteroatoms. The molecule has 0 aliphatic carbocycles. The first-order chi connectivity index (χ1) is 9.98. The molecule has 0 fully saturated rings. The summed E-state index contributed by atoms with van der Waals surface area (Å²) >= 11 is 0. The molecule has 1 aliphatic heterocycles. The van der Waals surface area contributed by atoms with Crippen molar-refractivity contribution in [2.75, 3.05) is 12.3 Å². The van der Waals surface area contributed by atoms with Crippen LogP contribution in [-0.2, 0) is 9.84 Å². The first-order valence-corrected chi connectivity index (χ1v) is 8.00. The normalized spacial score (nSPS) is 15.4. The fraction of sp³-hybridized carbons (Fsp3) is 0.125. The molecule has 0 saturated heterocycles. The molecular weight excluding hydrogens is 286 g/mol. The van der Waals surface area contributed by atoms with E-state index < -0.39 is 9.84 Å². The molecule has 2 N–H and O–H groups in total. The van der Waals surface area contributed by atoms with E-state index in [1.54, 1.807) is 18.2 Å². The van der Waals surface area contributed by atoms with Crippen LogP contribution in [0.3, 0.4) is 0 Å². The number of aryl methyl sites for hydroxylation is 1. The summed E-state index contributed by atoms with van der Waals surface area (Å²) in [4.78, 5) is 0.548. The highest BCUT2D eigenvalue weighted by Crippen LogP contribution is 2.34. The number of hydrogen-bond acceptors (Lipinski definition) is 4.